The maximum absolute atomic E-state index is 8.61. The Labute approximate surface area is 99.4 Å². The fourth-order valence-corrected chi connectivity index (χ4v) is 1.40. The third-order valence-corrected chi connectivity index (χ3v) is 2.33. The normalized spacial score (nSPS) is 10.9. The van der Waals surface area contributed by atoms with Crippen molar-refractivity contribution < 1.29 is 4.74 Å². The van der Waals surface area contributed by atoms with Gasteiger partial charge in [-0.05, 0) is 26.0 Å². The molecule has 4 heteroatoms. The van der Waals surface area contributed by atoms with Gasteiger partial charge in [0.2, 0.25) is 0 Å². The van der Waals surface area contributed by atoms with Crippen molar-refractivity contribution in [3.05, 3.63) is 28.2 Å². The molecule has 0 spiro atoms. The molecule has 1 aromatic carbocycles. The Morgan fingerprint density at radius 2 is 2.07 bits per heavy atom. The van der Waals surface area contributed by atoms with Crippen LogP contribution < -0.4 is 4.74 Å². The average Bonchev–Trinajstić information content (AvgIpc) is 2.10. The summed E-state index contributed by atoms with van der Waals surface area (Å²) < 4.78 is 5.61. The van der Waals surface area contributed by atoms with Crippen molar-refractivity contribution >= 4 is 23.2 Å². The second kappa shape index (κ2) is 4.74. The summed E-state index contributed by atoms with van der Waals surface area (Å²) in [5.74, 6) is 0.504. The number of ether oxygens (including phenoxy) is 1. The minimum atomic E-state index is -0.566. The summed E-state index contributed by atoms with van der Waals surface area (Å²) >= 11 is 11.8. The van der Waals surface area contributed by atoms with E-state index in [2.05, 4.69) is 6.07 Å². The van der Waals surface area contributed by atoms with Gasteiger partial charge in [0.15, 0.2) is 0 Å². The summed E-state index contributed by atoms with van der Waals surface area (Å²) in [5.41, 5.74) is -0.566. The van der Waals surface area contributed by atoms with Gasteiger partial charge in [-0.1, -0.05) is 23.2 Å². The van der Waals surface area contributed by atoms with Crippen molar-refractivity contribution in [2.24, 2.45) is 0 Å². The highest BCUT2D eigenvalue weighted by atomic mass is 35.5. The predicted molar refractivity (Wildman–Crippen MR) is 61.4 cm³/mol. The Morgan fingerprint density at radius 1 is 1.40 bits per heavy atom. The van der Waals surface area contributed by atoms with Crippen molar-refractivity contribution in [1.82, 2.24) is 0 Å². The maximum atomic E-state index is 8.61. The first-order valence-electron chi connectivity index (χ1n) is 4.45. The first-order valence-corrected chi connectivity index (χ1v) is 5.21. The van der Waals surface area contributed by atoms with Crippen molar-refractivity contribution in [3.8, 4) is 11.8 Å². The molecule has 2 nitrogen and oxygen atoms in total. The SMILES string of the molecule is CC(C)(CC#N)Oc1cc(Cl)ccc1Cl. The first kappa shape index (κ1) is 12.2. The molecule has 0 saturated carbocycles. The van der Waals surface area contributed by atoms with Gasteiger partial charge in [0.05, 0.1) is 17.5 Å². The van der Waals surface area contributed by atoms with Gasteiger partial charge in [0.25, 0.3) is 0 Å². The van der Waals surface area contributed by atoms with E-state index in [0.29, 0.717) is 15.8 Å². The van der Waals surface area contributed by atoms with Gasteiger partial charge in [-0.25, -0.2) is 0 Å². The molecule has 1 rings (SSSR count). The predicted octanol–water partition coefficient (Wildman–Crippen LogP) is 4.06. The van der Waals surface area contributed by atoms with Crippen LogP contribution in [-0.2, 0) is 0 Å². The summed E-state index contributed by atoms with van der Waals surface area (Å²) in [6.07, 6.45) is 0.288. The zero-order valence-corrected chi connectivity index (χ0v) is 10.1. The zero-order valence-electron chi connectivity index (χ0n) is 8.55. The second-order valence-corrected chi connectivity index (χ2v) is 4.62. The molecule has 0 saturated heterocycles. The van der Waals surface area contributed by atoms with Crippen LogP contribution in [-0.4, -0.2) is 5.60 Å². The molecule has 0 radical (unpaired) electrons. The van der Waals surface area contributed by atoms with E-state index in [1.165, 1.54) is 0 Å². The highest BCUT2D eigenvalue weighted by Crippen LogP contribution is 2.31. The maximum Gasteiger partial charge on any atom is 0.140 e. The topological polar surface area (TPSA) is 33.0 Å². The highest BCUT2D eigenvalue weighted by molar-refractivity contribution is 6.34. The Hall–Kier alpha value is -0.910. The molecule has 80 valence electrons. The monoisotopic (exact) mass is 243 g/mol. The number of nitriles is 1. The molecular weight excluding hydrogens is 233 g/mol. The lowest BCUT2D eigenvalue weighted by Crippen LogP contribution is -2.27. The fraction of sp³-hybridized carbons (Fsp3) is 0.364. The first-order chi connectivity index (χ1) is 6.94. The number of hydrogen-bond acceptors (Lipinski definition) is 2. The van der Waals surface area contributed by atoms with Gasteiger partial charge >= 0.3 is 0 Å². The van der Waals surface area contributed by atoms with Gasteiger partial charge in [-0.3, -0.25) is 0 Å². The van der Waals surface area contributed by atoms with Crippen LogP contribution >= 0.6 is 23.2 Å². The standard InChI is InChI=1S/C11H11Cl2NO/c1-11(2,5-6-14)15-10-7-8(12)3-4-9(10)13/h3-4,7H,5H2,1-2H3. The Morgan fingerprint density at radius 3 is 2.67 bits per heavy atom. The molecule has 0 fully saturated rings. The fourth-order valence-electron chi connectivity index (χ4n) is 1.08. The molecule has 0 aliphatic rings. The minimum absolute atomic E-state index is 0.288. The van der Waals surface area contributed by atoms with Crippen LogP contribution in [0, 0.1) is 11.3 Å². The van der Waals surface area contributed by atoms with Crippen LogP contribution in [0.2, 0.25) is 10.0 Å². The summed E-state index contributed by atoms with van der Waals surface area (Å²) in [7, 11) is 0. The molecule has 0 aromatic heterocycles. The van der Waals surface area contributed by atoms with Gasteiger partial charge in [0.1, 0.15) is 11.4 Å². The molecule has 0 amide bonds. The molecule has 0 bridgehead atoms. The molecule has 0 N–H and O–H groups in total. The summed E-state index contributed by atoms with van der Waals surface area (Å²) in [6, 6.07) is 7.06. The molecule has 1 aromatic rings. The zero-order chi connectivity index (χ0) is 11.5. The third kappa shape index (κ3) is 3.62. The largest absolute Gasteiger partial charge is 0.485 e. The van der Waals surface area contributed by atoms with Crippen LogP contribution in [0.1, 0.15) is 20.3 Å². The summed E-state index contributed by atoms with van der Waals surface area (Å²) in [5, 5.41) is 9.66. The molecule has 0 heterocycles. The van der Waals surface area contributed by atoms with E-state index in [-0.39, 0.29) is 6.42 Å². The van der Waals surface area contributed by atoms with Gasteiger partial charge in [-0.2, -0.15) is 5.26 Å². The van der Waals surface area contributed by atoms with E-state index in [0.717, 1.165) is 0 Å². The number of benzene rings is 1. The van der Waals surface area contributed by atoms with Crippen LogP contribution in [0.15, 0.2) is 18.2 Å². The number of hydrogen-bond donors (Lipinski definition) is 0. The van der Waals surface area contributed by atoms with Crippen LogP contribution in [0.5, 0.6) is 5.75 Å². The molecule has 0 atom stereocenters. The van der Waals surface area contributed by atoms with Gasteiger partial charge in [0, 0.05) is 11.1 Å². The lowest BCUT2D eigenvalue weighted by atomic mass is 10.1. The average molecular weight is 244 g/mol. The molecule has 0 unspecified atom stereocenters. The quantitative estimate of drug-likeness (QED) is 0.802. The minimum Gasteiger partial charge on any atom is -0.485 e. The van der Waals surface area contributed by atoms with Gasteiger partial charge < -0.3 is 4.74 Å². The van der Waals surface area contributed by atoms with Crippen LogP contribution in [0.25, 0.3) is 0 Å². The van der Waals surface area contributed by atoms with Gasteiger partial charge in [-0.15, -0.1) is 0 Å². The van der Waals surface area contributed by atoms with Crippen molar-refractivity contribution in [2.75, 3.05) is 0 Å². The van der Waals surface area contributed by atoms with E-state index in [4.69, 9.17) is 33.2 Å². The number of halogens is 2. The van der Waals surface area contributed by atoms with E-state index in [1.807, 2.05) is 13.8 Å². The Kier molecular flexibility index (Phi) is 3.84. The third-order valence-electron chi connectivity index (χ3n) is 1.78. The molecule has 0 aliphatic carbocycles. The highest BCUT2D eigenvalue weighted by Gasteiger charge is 2.20. The van der Waals surface area contributed by atoms with E-state index in [9.17, 15) is 0 Å². The smallest absolute Gasteiger partial charge is 0.140 e. The van der Waals surface area contributed by atoms with Crippen molar-refractivity contribution in [3.63, 3.8) is 0 Å². The van der Waals surface area contributed by atoms with Crippen molar-refractivity contribution in [1.29, 1.82) is 5.26 Å². The van der Waals surface area contributed by atoms with Crippen LogP contribution in [0.4, 0.5) is 0 Å². The van der Waals surface area contributed by atoms with E-state index >= 15 is 0 Å². The summed E-state index contributed by atoms with van der Waals surface area (Å²) in [6.45, 7) is 3.65. The van der Waals surface area contributed by atoms with E-state index in [1.54, 1.807) is 18.2 Å². The Bertz CT molecular complexity index is 396. The Balaban J connectivity index is 2.89. The second-order valence-electron chi connectivity index (χ2n) is 3.77. The lowest BCUT2D eigenvalue weighted by molar-refractivity contribution is 0.115. The molecule has 0 aliphatic heterocycles. The van der Waals surface area contributed by atoms with Crippen LogP contribution in [0.3, 0.4) is 0 Å². The summed E-state index contributed by atoms with van der Waals surface area (Å²) in [4.78, 5) is 0. The van der Waals surface area contributed by atoms with Crippen molar-refractivity contribution in [2.45, 2.75) is 25.9 Å². The van der Waals surface area contributed by atoms with E-state index < -0.39 is 5.60 Å². The lowest BCUT2D eigenvalue weighted by Gasteiger charge is -2.24. The molecular formula is C11H11Cl2NO. The molecule has 15 heavy (non-hydrogen) atoms. The number of rotatable bonds is 3. The number of nitrogens with zero attached hydrogens (tertiary/aromatic N) is 1.